The van der Waals surface area contributed by atoms with Gasteiger partial charge in [-0.15, -0.1) is 0 Å². The molecule has 2 aromatic heterocycles. The molecule has 2 N–H and O–H groups in total. The lowest BCUT2D eigenvalue weighted by Crippen LogP contribution is -2.04. The minimum Gasteiger partial charge on any atom is -0.411 e. The number of aromatic amines is 1. The molecule has 5 heteroatoms. The van der Waals surface area contributed by atoms with Crippen molar-refractivity contribution in [1.82, 2.24) is 9.97 Å². The number of nitrogens with one attached hydrogen (secondary N) is 1. The first kappa shape index (κ1) is 10.1. The topological polar surface area (TPSA) is 78.3 Å². The lowest BCUT2D eigenvalue weighted by molar-refractivity contribution is 0.321. The second-order valence-electron chi connectivity index (χ2n) is 3.14. The van der Waals surface area contributed by atoms with Gasteiger partial charge in [-0.1, -0.05) is 11.2 Å². The number of aromatic nitrogens is 2. The quantitative estimate of drug-likeness (QED) is 0.449. The van der Waals surface area contributed by atoms with Crippen molar-refractivity contribution in [2.45, 2.75) is 0 Å². The third-order valence-corrected chi connectivity index (χ3v) is 2.00. The second kappa shape index (κ2) is 4.39. The van der Waals surface area contributed by atoms with E-state index in [4.69, 9.17) is 5.21 Å². The Labute approximate surface area is 91.1 Å². The van der Waals surface area contributed by atoms with Crippen molar-refractivity contribution in [2.24, 2.45) is 5.16 Å². The van der Waals surface area contributed by atoms with Gasteiger partial charge in [0.25, 0.3) is 0 Å². The standard InChI is InChI=1S/C11H9N3O2/c15-9-5-8(7-13-16)14-11(6-9)10-3-1-2-4-12-10/h1-7,16H,(H,14,15)/b13-7+. The summed E-state index contributed by atoms with van der Waals surface area (Å²) in [4.78, 5) is 18.4. The Kier molecular flexibility index (Phi) is 2.77. The van der Waals surface area contributed by atoms with Crippen molar-refractivity contribution >= 4 is 6.21 Å². The summed E-state index contributed by atoms with van der Waals surface area (Å²) >= 11 is 0. The Bertz CT molecular complexity index is 561. The zero-order chi connectivity index (χ0) is 11.4. The summed E-state index contributed by atoms with van der Waals surface area (Å²) in [7, 11) is 0. The number of nitrogens with zero attached hydrogens (tertiary/aromatic N) is 2. The summed E-state index contributed by atoms with van der Waals surface area (Å²) in [5.41, 5.74) is 1.50. The molecule has 0 aliphatic rings. The van der Waals surface area contributed by atoms with Gasteiger partial charge in [0.1, 0.15) is 0 Å². The number of pyridine rings is 2. The van der Waals surface area contributed by atoms with E-state index in [1.54, 1.807) is 18.3 Å². The first-order valence-electron chi connectivity index (χ1n) is 4.63. The summed E-state index contributed by atoms with van der Waals surface area (Å²) in [5.74, 6) is 0. The Morgan fingerprint density at radius 3 is 2.94 bits per heavy atom. The van der Waals surface area contributed by atoms with Gasteiger partial charge in [0, 0.05) is 18.3 Å². The van der Waals surface area contributed by atoms with Crippen LogP contribution in [0.15, 0.2) is 46.5 Å². The number of hydrogen-bond acceptors (Lipinski definition) is 4. The molecule has 0 bridgehead atoms. The Morgan fingerprint density at radius 2 is 2.25 bits per heavy atom. The SMILES string of the molecule is O=c1cc(/C=N/O)[nH]c(-c2ccccn2)c1. The molecule has 2 aromatic rings. The zero-order valence-corrected chi connectivity index (χ0v) is 8.29. The molecule has 0 aliphatic carbocycles. The summed E-state index contributed by atoms with van der Waals surface area (Å²) in [5, 5.41) is 11.3. The maximum atomic E-state index is 11.4. The van der Waals surface area contributed by atoms with Crippen LogP contribution >= 0.6 is 0 Å². The van der Waals surface area contributed by atoms with Crippen LogP contribution in [0.5, 0.6) is 0 Å². The minimum atomic E-state index is -0.172. The van der Waals surface area contributed by atoms with Crippen LogP contribution in [0.1, 0.15) is 5.69 Å². The van der Waals surface area contributed by atoms with E-state index in [2.05, 4.69) is 15.1 Å². The Balaban J connectivity index is 2.54. The van der Waals surface area contributed by atoms with Crippen LogP contribution in [0, 0.1) is 0 Å². The first-order valence-corrected chi connectivity index (χ1v) is 4.63. The van der Waals surface area contributed by atoms with Crippen LogP contribution in [0.25, 0.3) is 11.4 Å². The fraction of sp³-hybridized carbons (Fsp3) is 0. The number of H-pyrrole nitrogens is 1. The molecule has 0 fully saturated rings. The zero-order valence-electron chi connectivity index (χ0n) is 8.29. The molecule has 0 atom stereocenters. The minimum absolute atomic E-state index is 0.172. The van der Waals surface area contributed by atoms with Crippen LogP contribution in [-0.4, -0.2) is 21.4 Å². The van der Waals surface area contributed by atoms with Gasteiger partial charge in [-0.25, -0.2) is 0 Å². The third-order valence-electron chi connectivity index (χ3n) is 2.00. The van der Waals surface area contributed by atoms with Gasteiger partial charge >= 0.3 is 0 Å². The maximum Gasteiger partial charge on any atom is 0.182 e. The highest BCUT2D eigenvalue weighted by atomic mass is 16.4. The average molecular weight is 215 g/mol. The molecule has 0 unspecified atom stereocenters. The van der Waals surface area contributed by atoms with E-state index in [1.807, 2.05) is 6.07 Å². The van der Waals surface area contributed by atoms with Crippen LogP contribution < -0.4 is 5.43 Å². The van der Waals surface area contributed by atoms with Crippen molar-refractivity contribution in [2.75, 3.05) is 0 Å². The predicted octanol–water partition coefficient (Wildman–Crippen LogP) is 1.24. The lowest BCUT2D eigenvalue weighted by atomic mass is 10.2. The number of hydrogen-bond donors (Lipinski definition) is 2. The molecule has 0 aliphatic heterocycles. The highest BCUT2D eigenvalue weighted by molar-refractivity contribution is 5.77. The van der Waals surface area contributed by atoms with Crippen molar-refractivity contribution in [3.63, 3.8) is 0 Å². The average Bonchev–Trinajstić information content (AvgIpc) is 2.30. The third kappa shape index (κ3) is 2.14. The lowest BCUT2D eigenvalue weighted by Gasteiger charge is -2.01. The van der Waals surface area contributed by atoms with Gasteiger partial charge in [0.15, 0.2) is 5.43 Å². The van der Waals surface area contributed by atoms with E-state index in [-0.39, 0.29) is 5.43 Å². The molecule has 0 spiro atoms. The highest BCUT2D eigenvalue weighted by Crippen LogP contribution is 2.10. The molecular formula is C11H9N3O2. The molecular weight excluding hydrogens is 206 g/mol. The number of rotatable bonds is 2. The van der Waals surface area contributed by atoms with Gasteiger partial charge < -0.3 is 10.2 Å². The fourth-order valence-electron chi connectivity index (χ4n) is 1.36. The van der Waals surface area contributed by atoms with Crippen LogP contribution in [0.2, 0.25) is 0 Å². The van der Waals surface area contributed by atoms with Gasteiger partial charge in [0.2, 0.25) is 0 Å². The molecule has 0 aromatic carbocycles. The molecule has 80 valence electrons. The van der Waals surface area contributed by atoms with Crippen molar-refractivity contribution in [3.05, 3.63) is 52.4 Å². The predicted molar refractivity (Wildman–Crippen MR) is 59.7 cm³/mol. The monoisotopic (exact) mass is 215 g/mol. The summed E-state index contributed by atoms with van der Waals surface area (Å²) in [6.45, 7) is 0. The first-order chi connectivity index (χ1) is 7.79. The van der Waals surface area contributed by atoms with Gasteiger partial charge in [-0.3, -0.25) is 9.78 Å². The van der Waals surface area contributed by atoms with Crippen LogP contribution in [-0.2, 0) is 0 Å². The van der Waals surface area contributed by atoms with Crippen molar-refractivity contribution in [1.29, 1.82) is 0 Å². The van der Waals surface area contributed by atoms with Gasteiger partial charge in [-0.05, 0) is 12.1 Å². The molecule has 0 amide bonds. The molecule has 5 nitrogen and oxygen atoms in total. The summed E-state index contributed by atoms with van der Waals surface area (Å²) in [6.07, 6.45) is 2.80. The van der Waals surface area contributed by atoms with E-state index < -0.39 is 0 Å². The largest absolute Gasteiger partial charge is 0.411 e. The highest BCUT2D eigenvalue weighted by Gasteiger charge is 2.01. The summed E-state index contributed by atoms with van der Waals surface area (Å²) < 4.78 is 0. The summed E-state index contributed by atoms with van der Waals surface area (Å²) in [6, 6.07) is 8.18. The van der Waals surface area contributed by atoms with Gasteiger partial charge in [0.05, 0.1) is 23.3 Å². The van der Waals surface area contributed by atoms with E-state index in [9.17, 15) is 4.79 Å². The van der Waals surface area contributed by atoms with Crippen LogP contribution in [0.4, 0.5) is 0 Å². The molecule has 0 saturated carbocycles. The molecule has 0 saturated heterocycles. The Hall–Kier alpha value is -2.43. The van der Waals surface area contributed by atoms with Crippen molar-refractivity contribution in [3.8, 4) is 11.4 Å². The molecule has 0 radical (unpaired) electrons. The second-order valence-corrected chi connectivity index (χ2v) is 3.14. The van der Waals surface area contributed by atoms with E-state index in [1.165, 1.54) is 12.1 Å². The van der Waals surface area contributed by atoms with Crippen LogP contribution in [0.3, 0.4) is 0 Å². The maximum absolute atomic E-state index is 11.4. The molecule has 2 rings (SSSR count). The van der Waals surface area contributed by atoms with E-state index >= 15 is 0 Å². The number of oxime groups is 1. The van der Waals surface area contributed by atoms with Crippen molar-refractivity contribution < 1.29 is 5.21 Å². The molecule has 2 heterocycles. The molecule has 16 heavy (non-hydrogen) atoms. The van der Waals surface area contributed by atoms with E-state index in [0.29, 0.717) is 17.1 Å². The smallest absolute Gasteiger partial charge is 0.182 e. The normalized spacial score (nSPS) is 10.8. The van der Waals surface area contributed by atoms with E-state index in [0.717, 1.165) is 6.21 Å². The Morgan fingerprint density at radius 1 is 1.38 bits per heavy atom. The fourth-order valence-corrected chi connectivity index (χ4v) is 1.36. The van der Waals surface area contributed by atoms with Gasteiger partial charge in [-0.2, -0.15) is 0 Å².